The molecule has 0 aliphatic rings. The van der Waals surface area contributed by atoms with E-state index in [1.807, 2.05) is 5.32 Å². The van der Waals surface area contributed by atoms with Crippen LogP contribution in [0.15, 0.2) is 18.2 Å². The van der Waals surface area contributed by atoms with Crippen molar-refractivity contribution in [3.05, 3.63) is 35.4 Å². The molecule has 0 heterocycles. The van der Waals surface area contributed by atoms with Crippen LogP contribution in [0.4, 0.5) is 13.6 Å². The highest BCUT2D eigenvalue weighted by Gasteiger charge is 2.22. The van der Waals surface area contributed by atoms with Crippen molar-refractivity contribution < 1.29 is 27.9 Å². The molecular formula is C12H12F2N2O4. The lowest BCUT2D eigenvalue weighted by molar-refractivity contribution is -0.127. The van der Waals surface area contributed by atoms with Gasteiger partial charge in [0.05, 0.1) is 5.56 Å². The van der Waals surface area contributed by atoms with Crippen LogP contribution < -0.4 is 10.6 Å². The normalized spacial score (nSPS) is 11.4. The largest absolute Gasteiger partial charge is 0.449 e. The number of rotatable bonds is 3. The summed E-state index contributed by atoms with van der Waals surface area (Å²) in [6.45, 7) is 1.21. The summed E-state index contributed by atoms with van der Waals surface area (Å²) in [4.78, 5) is 33.9. The average Bonchev–Trinajstić information content (AvgIpc) is 2.37. The Kier molecular flexibility index (Phi) is 5.13. The van der Waals surface area contributed by atoms with Crippen LogP contribution in [0.5, 0.6) is 0 Å². The lowest BCUT2D eigenvalue weighted by Crippen LogP contribution is -2.43. The first kappa shape index (κ1) is 15.5. The van der Waals surface area contributed by atoms with Gasteiger partial charge in [0.25, 0.3) is 5.91 Å². The van der Waals surface area contributed by atoms with Crippen LogP contribution in [0.25, 0.3) is 0 Å². The molecule has 108 valence electrons. The number of esters is 1. The zero-order valence-corrected chi connectivity index (χ0v) is 10.7. The molecular weight excluding hydrogens is 274 g/mol. The van der Waals surface area contributed by atoms with Gasteiger partial charge in [-0.1, -0.05) is 0 Å². The van der Waals surface area contributed by atoms with E-state index in [9.17, 15) is 23.2 Å². The van der Waals surface area contributed by atoms with Crippen LogP contribution in [0.3, 0.4) is 0 Å². The summed E-state index contributed by atoms with van der Waals surface area (Å²) < 4.78 is 30.7. The molecule has 0 saturated heterocycles. The van der Waals surface area contributed by atoms with E-state index in [1.54, 1.807) is 0 Å². The predicted octanol–water partition coefficient (Wildman–Crippen LogP) is 0.966. The number of benzene rings is 1. The van der Waals surface area contributed by atoms with Crippen molar-refractivity contribution in [1.82, 2.24) is 10.6 Å². The average molecular weight is 286 g/mol. The van der Waals surface area contributed by atoms with Crippen molar-refractivity contribution in [2.75, 3.05) is 7.05 Å². The fourth-order valence-corrected chi connectivity index (χ4v) is 1.21. The third-order valence-corrected chi connectivity index (χ3v) is 2.27. The van der Waals surface area contributed by atoms with Crippen molar-refractivity contribution in [3.8, 4) is 0 Å². The number of hydrogen-bond donors (Lipinski definition) is 2. The Morgan fingerprint density at radius 1 is 1.25 bits per heavy atom. The summed E-state index contributed by atoms with van der Waals surface area (Å²) in [5.41, 5.74) is -0.508. The van der Waals surface area contributed by atoms with E-state index in [4.69, 9.17) is 0 Å². The number of amides is 3. The molecule has 1 aromatic rings. The van der Waals surface area contributed by atoms with E-state index in [0.717, 1.165) is 12.1 Å². The molecule has 0 spiro atoms. The highest BCUT2D eigenvalue weighted by molar-refractivity contribution is 5.98. The predicted molar refractivity (Wildman–Crippen MR) is 63.8 cm³/mol. The summed E-state index contributed by atoms with van der Waals surface area (Å²) >= 11 is 0. The molecule has 1 atom stereocenters. The highest BCUT2D eigenvalue weighted by atomic mass is 19.1. The number of ether oxygens (including phenoxy) is 1. The van der Waals surface area contributed by atoms with Gasteiger partial charge in [0, 0.05) is 13.1 Å². The zero-order chi connectivity index (χ0) is 15.3. The highest BCUT2D eigenvalue weighted by Crippen LogP contribution is 2.11. The molecule has 0 radical (unpaired) electrons. The molecule has 0 aliphatic carbocycles. The third kappa shape index (κ3) is 4.01. The van der Waals surface area contributed by atoms with Gasteiger partial charge in [-0.3, -0.25) is 10.1 Å². The van der Waals surface area contributed by atoms with E-state index >= 15 is 0 Å². The molecule has 1 aromatic carbocycles. The minimum Gasteiger partial charge on any atom is -0.449 e. The maximum absolute atomic E-state index is 13.3. The summed E-state index contributed by atoms with van der Waals surface area (Å²) in [5.74, 6) is -3.96. The minimum atomic E-state index is -1.32. The van der Waals surface area contributed by atoms with Gasteiger partial charge < -0.3 is 10.1 Å². The van der Waals surface area contributed by atoms with Gasteiger partial charge in [0.1, 0.15) is 11.6 Å². The van der Waals surface area contributed by atoms with Crippen molar-refractivity contribution in [1.29, 1.82) is 0 Å². The zero-order valence-electron chi connectivity index (χ0n) is 10.7. The lowest BCUT2D eigenvalue weighted by atomic mass is 10.2. The third-order valence-electron chi connectivity index (χ3n) is 2.27. The fraction of sp³-hybridized carbons (Fsp3) is 0.250. The van der Waals surface area contributed by atoms with E-state index in [-0.39, 0.29) is 0 Å². The second kappa shape index (κ2) is 6.60. The standard InChI is InChI=1S/C12H12F2N2O4/c1-6(10(17)16-12(19)15-2)20-11(18)8-4-3-7(13)5-9(8)14/h3-6H,1-2H3,(H2,15,16,17,19)/t6-/m1/s1. The Balaban J connectivity index is 2.70. The van der Waals surface area contributed by atoms with E-state index in [0.29, 0.717) is 6.07 Å². The summed E-state index contributed by atoms with van der Waals surface area (Å²) in [5, 5.41) is 4.03. The summed E-state index contributed by atoms with van der Waals surface area (Å²) in [6, 6.07) is 1.53. The number of carbonyl (C=O) groups excluding carboxylic acids is 3. The summed E-state index contributed by atoms with van der Waals surface area (Å²) in [6.07, 6.45) is -1.32. The van der Waals surface area contributed by atoms with Gasteiger partial charge in [0.2, 0.25) is 0 Å². The number of halogens is 2. The Labute approximate surface area is 113 Å². The summed E-state index contributed by atoms with van der Waals surface area (Å²) in [7, 11) is 1.30. The van der Waals surface area contributed by atoms with Gasteiger partial charge in [-0.25, -0.2) is 18.4 Å². The maximum atomic E-state index is 13.3. The number of hydrogen-bond acceptors (Lipinski definition) is 4. The molecule has 0 aliphatic heterocycles. The maximum Gasteiger partial charge on any atom is 0.341 e. The van der Waals surface area contributed by atoms with E-state index in [2.05, 4.69) is 10.1 Å². The topological polar surface area (TPSA) is 84.5 Å². The smallest absolute Gasteiger partial charge is 0.341 e. The molecule has 0 bridgehead atoms. The van der Waals surface area contributed by atoms with E-state index < -0.39 is 41.2 Å². The molecule has 8 heteroatoms. The van der Waals surface area contributed by atoms with E-state index in [1.165, 1.54) is 14.0 Å². The van der Waals surface area contributed by atoms with Crippen molar-refractivity contribution in [2.45, 2.75) is 13.0 Å². The van der Waals surface area contributed by atoms with Crippen molar-refractivity contribution in [3.63, 3.8) is 0 Å². The van der Waals surface area contributed by atoms with Crippen LogP contribution in [-0.4, -0.2) is 31.1 Å². The van der Waals surface area contributed by atoms with Crippen LogP contribution in [0.2, 0.25) is 0 Å². The van der Waals surface area contributed by atoms with Gasteiger partial charge in [0.15, 0.2) is 6.10 Å². The molecule has 0 aromatic heterocycles. The quantitative estimate of drug-likeness (QED) is 0.811. The number of urea groups is 1. The van der Waals surface area contributed by atoms with Crippen LogP contribution in [0.1, 0.15) is 17.3 Å². The first-order valence-electron chi connectivity index (χ1n) is 5.53. The molecule has 0 unspecified atom stereocenters. The van der Waals surface area contributed by atoms with Gasteiger partial charge in [-0.05, 0) is 19.1 Å². The SMILES string of the molecule is CNC(=O)NC(=O)[C@@H](C)OC(=O)c1ccc(F)cc1F. The molecule has 20 heavy (non-hydrogen) atoms. The first-order chi connectivity index (χ1) is 9.35. The van der Waals surface area contributed by atoms with Crippen LogP contribution in [0, 0.1) is 11.6 Å². The first-order valence-corrected chi connectivity index (χ1v) is 5.53. The molecule has 1 rings (SSSR count). The number of imide groups is 1. The Hall–Kier alpha value is -2.51. The molecule has 3 amide bonds. The molecule has 0 saturated carbocycles. The minimum absolute atomic E-state index is 0.508. The monoisotopic (exact) mass is 286 g/mol. The Morgan fingerprint density at radius 2 is 1.90 bits per heavy atom. The van der Waals surface area contributed by atoms with Gasteiger partial charge in [-0.15, -0.1) is 0 Å². The Morgan fingerprint density at radius 3 is 2.45 bits per heavy atom. The number of carbonyl (C=O) groups is 3. The van der Waals surface area contributed by atoms with Gasteiger partial charge in [-0.2, -0.15) is 0 Å². The lowest BCUT2D eigenvalue weighted by Gasteiger charge is -2.12. The van der Waals surface area contributed by atoms with Crippen molar-refractivity contribution >= 4 is 17.9 Å². The second-order valence-corrected chi connectivity index (χ2v) is 3.74. The van der Waals surface area contributed by atoms with Crippen LogP contribution >= 0.6 is 0 Å². The van der Waals surface area contributed by atoms with Crippen LogP contribution in [-0.2, 0) is 9.53 Å². The second-order valence-electron chi connectivity index (χ2n) is 3.74. The number of nitrogens with one attached hydrogen (secondary N) is 2. The Bertz CT molecular complexity index is 548. The molecule has 2 N–H and O–H groups in total. The molecule has 0 fully saturated rings. The fourth-order valence-electron chi connectivity index (χ4n) is 1.21. The van der Waals surface area contributed by atoms with Crippen molar-refractivity contribution in [2.24, 2.45) is 0 Å². The molecule has 6 nitrogen and oxygen atoms in total. The van der Waals surface area contributed by atoms with Gasteiger partial charge >= 0.3 is 12.0 Å².